The predicted molar refractivity (Wildman–Crippen MR) is 122 cm³/mol. The van der Waals surface area contributed by atoms with Crippen molar-refractivity contribution in [2.75, 3.05) is 7.11 Å². The minimum Gasteiger partial charge on any atom is -0.496 e. The van der Waals surface area contributed by atoms with Crippen LogP contribution in [-0.2, 0) is 7.05 Å². The number of pyridine rings is 2. The summed E-state index contributed by atoms with van der Waals surface area (Å²) in [7, 11) is 3.39. The van der Waals surface area contributed by atoms with Crippen molar-refractivity contribution in [3.05, 3.63) is 70.4 Å². The number of aromatic nitrogens is 5. The summed E-state index contributed by atoms with van der Waals surface area (Å²) in [5.74, 6) is 1.37. The second-order valence-electron chi connectivity index (χ2n) is 7.90. The summed E-state index contributed by atoms with van der Waals surface area (Å²) in [4.78, 5) is 22.4. The lowest BCUT2D eigenvalue weighted by molar-refractivity contribution is 0.393. The Morgan fingerprint density at radius 2 is 1.97 bits per heavy atom. The Bertz CT molecular complexity index is 1510. The number of hydrogen-bond donors (Lipinski definition) is 0. The zero-order valence-electron chi connectivity index (χ0n) is 18.6. The summed E-state index contributed by atoms with van der Waals surface area (Å²) in [6.07, 6.45) is 3.48. The first-order valence-corrected chi connectivity index (χ1v) is 10.3. The molecule has 1 aromatic carbocycles. The number of hydrogen-bond acceptors (Lipinski definition) is 6. The molecule has 0 saturated carbocycles. The third-order valence-corrected chi connectivity index (χ3v) is 6.04. The average Bonchev–Trinajstić information content (AvgIpc) is 3.28. The van der Waals surface area contributed by atoms with Gasteiger partial charge in [0.25, 0.3) is 0 Å². The van der Waals surface area contributed by atoms with Gasteiger partial charge in [-0.05, 0) is 45.0 Å². The second kappa shape index (κ2) is 7.33. The zero-order chi connectivity index (χ0) is 22.6. The van der Waals surface area contributed by atoms with E-state index in [9.17, 15) is 4.79 Å². The molecule has 5 rings (SSSR count). The van der Waals surface area contributed by atoms with Gasteiger partial charge in [0.1, 0.15) is 11.5 Å². The molecule has 0 amide bonds. The van der Waals surface area contributed by atoms with Gasteiger partial charge in [0.15, 0.2) is 0 Å². The molecule has 8 heteroatoms. The number of nitrogens with zero attached hydrogens (tertiary/aromatic N) is 5. The van der Waals surface area contributed by atoms with E-state index in [0.717, 1.165) is 44.5 Å². The van der Waals surface area contributed by atoms with Crippen molar-refractivity contribution in [1.82, 2.24) is 24.3 Å². The molecular weight excluding hydrogens is 406 g/mol. The van der Waals surface area contributed by atoms with Gasteiger partial charge in [-0.25, -0.2) is 4.79 Å². The molecule has 0 saturated heterocycles. The quantitative estimate of drug-likeness (QED) is 0.426. The minimum atomic E-state index is -0.258. The van der Waals surface area contributed by atoms with Crippen LogP contribution in [0.5, 0.6) is 5.75 Å². The lowest BCUT2D eigenvalue weighted by atomic mass is 10.0. The van der Waals surface area contributed by atoms with E-state index < -0.39 is 0 Å². The highest BCUT2D eigenvalue weighted by Crippen LogP contribution is 2.39. The van der Waals surface area contributed by atoms with Crippen LogP contribution in [0.25, 0.3) is 33.1 Å². The number of aryl methyl sites for hydroxylation is 3. The number of rotatable bonds is 4. The maximum atomic E-state index is 13.3. The van der Waals surface area contributed by atoms with Gasteiger partial charge in [-0.3, -0.25) is 19.1 Å². The molecule has 32 heavy (non-hydrogen) atoms. The molecule has 0 aliphatic carbocycles. The van der Waals surface area contributed by atoms with Crippen LogP contribution in [0.3, 0.4) is 0 Å². The first kappa shape index (κ1) is 20.0. The molecule has 5 aromatic rings. The van der Waals surface area contributed by atoms with Gasteiger partial charge >= 0.3 is 5.69 Å². The van der Waals surface area contributed by atoms with E-state index in [0.29, 0.717) is 11.5 Å². The molecule has 0 radical (unpaired) electrons. The zero-order valence-corrected chi connectivity index (χ0v) is 18.6. The molecule has 0 unspecified atom stereocenters. The minimum absolute atomic E-state index is 0.124. The molecule has 0 aliphatic heterocycles. The fourth-order valence-electron chi connectivity index (χ4n) is 4.40. The molecule has 162 valence electrons. The highest BCUT2D eigenvalue weighted by molar-refractivity contribution is 6.05. The average molecular weight is 429 g/mol. The highest BCUT2D eigenvalue weighted by atomic mass is 16.5. The van der Waals surface area contributed by atoms with Crippen LogP contribution in [-0.4, -0.2) is 31.4 Å². The van der Waals surface area contributed by atoms with E-state index in [-0.39, 0.29) is 11.7 Å². The largest absolute Gasteiger partial charge is 0.496 e. The lowest BCUT2D eigenvalue weighted by Crippen LogP contribution is -2.25. The number of benzene rings is 1. The maximum Gasteiger partial charge on any atom is 0.329 e. The molecule has 0 bridgehead atoms. The lowest BCUT2D eigenvalue weighted by Gasteiger charge is -2.15. The van der Waals surface area contributed by atoms with Crippen LogP contribution in [0.15, 0.2) is 52.0 Å². The fourth-order valence-corrected chi connectivity index (χ4v) is 4.40. The van der Waals surface area contributed by atoms with E-state index in [1.54, 1.807) is 35.7 Å². The molecular formula is C24H23N5O3. The Morgan fingerprint density at radius 3 is 2.62 bits per heavy atom. The molecule has 0 aliphatic rings. The summed E-state index contributed by atoms with van der Waals surface area (Å²) in [5, 5.41) is 4.91. The van der Waals surface area contributed by atoms with E-state index >= 15 is 0 Å². The molecule has 0 N–H and O–H groups in total. The Kier molecular flexibility index (Phi) is 4.58. The number of imidazole rings is 1. The van der Waals surface area contributed by atoms with Gasteiger partial charge in [-0.2, -0.15) is 0 Å². The van der Waals surface area contributed by atoms with Crippen molar-refractivity contribution in [2.45, 2.75) is 26.8 Å². The Balaban J connectivity index is 1.86. The summed E-state index contributed by atoms with van der Waals surface area (Å²) >= 11 is 0. The standard InChI is InChI=1S/C24H23N5O3/c1-13-22(15(3)32-27-13)17-10-19-16(11-21(17)31-5)23-20(12-26-19)28(4)24(30)29(23)14(2)18-8-6-7-9-25-18/h6-12,14H,1-5H3/t14-/m1/s1. The van der Waals surface area contributed by atoms with Crippen LogP contribution in [0, 0.1) is 13.8 Å². The second-order valence-corrected chi connectivity index (χ2v) is 7.90. The van der Waals surface area contributed by atoms with Crippen LogP contribution >= 0.6 is 0 Å². The first-order valence-electron chi connectivity index (χ1n) is 10.3. The topological polar surface area (TPSA) is 88.0 Å². The Labute approximate surface area is 184 Å². The SMILES string of the molecule is COc1cc2c(cc1-c1c(C)noc1C)ncc1c2n([C@H](C)c2ccccn2)c(=O)n1C. The monoisotopic (exact) mass is 429 g/mol. The summed E-state index contributed by atoms with van der Waals surface area (Å²) in [6, 6.07) is 9.36. The van der Waals surface area contributed by atoms with Crippen molar-refractivity contribution in [1.29, 1.82) is 0 Å². The van der Waals surface area contributed by atoms with Crippen molar-refractivity contribution in [3.8, 4) is 16.9 Å². The number of ether oxygens (including phenoxy) is 1. The third-order valence-electron chi connectivity index (χ3n) is 6.04. The van der Waals surface area contributed by atoms with E-state index in [1.165, 1.54) is 0 Å². The van der Waals surface area contributed by atoms with Gasteiger partial charge in [0.2, 0.25) is 0 Å². The van der Waals surface area contributed by atoms with Crippen molar-refractivity contribution < 1.29 is 9.26 Å². The number of methoxy groups -OCH3 is 1. The van der Waals surface area contributed by atoms with Gasteiger partial charge in [0, 0.05) is 24.2 Å². The van der Waals surface area contributed by atoms with Crippen LogP contribution < -0.4 is 10.4 Å². The maximum absolute atomic E-state index is 13.3. The van der Waals surface area contributed by atoms with Crippen molar-refractivity contribution in [3.63, 3.8) is 0 Å². The normalized spacial score (nSPS) is 12.5. The van der Waals surface area contributed by atoms with Crippen molar-refractivity contribution in [2.24, 2.45) is 7.05 Å². The Hall–Kier alpha value is -3.94. The molecule has 8 nitrogen and oxygen atoms in total. The first-order chi connectivity index (χ1) is 15.4. The van der Waals surface area contributed by atoms with Crippen LogP contribution in [0.1, 0.15) is 30.1 Å². The smallest absolute Gasteiger partial charge is 0.329 e. The molecule has 4 heterocycles. The predicted octanol–water partition coefficient (Wildman–Crippen LogP) is 4.17. The van der Waals surface area contributed by atoms with Crippen LogP contribution in [0.2, 0.25) is 0 Å². The van der Waals surface area contributed by atoms with Crippen LogP contribution in [0.4, 0.5) is 0 Å². The summed E-state index contributed by atoms with van der Waals surface area (Å²) < 4.78 is 14.5. The molecule has 1 atom stereocenters. The van der Waals surface area contributed by atoms with Gasteiger partial charge in [0.05, 0.1) is 52.8 Å². The van der Waals surface area contributed by atoms with Gasteiger partial charge in [-0.1, -0.05) is 11.2 Å². The molecule has 0 fully saturated rings. The van der Waals surface area contributed by atoms with E-state index in [1.807, 2.05) is 51.1 Å². The molecule has 4 aromatic heterocycles. The van der Waals surface area contributed by atoms with Gasteiger partial charge in [-0.15, -0.1) is 0 Å². The van der Waals surface area contributed by atoms with E-state index in [2.05, 4.69) is 15.1 Å². The third kappa shape index (κ3) is 2.83. The summed E-state index contributed by atoms with van der Waals surface area (Å²) in [5.41, 5.74) is 5.50. The molecule has 0 spiro atoms. The van der Waals surface area contributed by atoms with Gasteiger partial charge < -0.3 is 9.26 Å². The number of fused-ring (bicyclic) bond motifs is 3. The fraction of sp³-hybridized carbons (Fsp3) is 0.250. The van der Waals surface area contributed by atoms with E-state index in [4.69, 9.17) is 9.26 Å². The van der Waals surface area contributed by atoms with Crippen molar-refractivity contribution >= 4 is 21.9 Å². The Morgan fingerprint density at radius 1 is 1.16 bits per heavy atom. The summed E-state index contributed by atoms with van der Waals surface area (Å²) in [6.45, 7) is 5.75. The highest BCUT2D eigenvalue weighted by Gasteiger charge is 2.23.